The molecule has 1 heterocycles. The molecule has 0 atom stereocenters. The van der Waals surface area contributed by atoms with Gasteiger partial charge in [0.15, 0.2) is 0 Å². The molecule has 0 aliphatic heterocycles. The molecular formula is C14H20BrN3O3. The van der Waals surface area contributed by atoms with Crippen molar-refractivity contribution < 1.29 is 9.53 Å². The number of aromatic nitrogens is 1. The number of carbonyl (C=O) groups is 1. The molecule has 1 aromatic heterocycles. The average molecular weight is 358 g/mol. The van der Waals surface area contributed by atoms with Crippen molar-refractivity contribution in [1.82, 2.24) is 9.58 Å². The van der Waals surface area contributed by atoms with Gasteiger partial charge in [-0.3, -0.25) is 14.6 Å². The van der Waals surface area contributed by atoms with E-state index < -0.39 is 0 Å². The fourth-order valence-electron chi connectivity index (χ4n) is 2.55. The van der Waals surface area contributed by atoms with Crippen molar-refractivity contribution in [3.63, 3.8) is 0 Å². The van der Waals surface area contributed by atoms with Crippen LogP contribution in [0.4, 0.5) is 0 Å². The number of carbonyl (C=O) groups excluding carboxylic acids is 1. The molecule has 1 aliphatic carbocycles. The quantitative estimate of drug-likeness (QED) is 0.505. The Morgan fingerprint density at radius 3 is 2.62 bits per heavy atom. The molecule has 6 nitrogen and oxygen atoms in total. The second kappa shape index (κ2) is 6.62. The van der Waals surface area contributed by atoms with Crippen molar-refractivity contribution in [3.8, 4) is 5.75 Å². The van der Waals surface area contributed by atoms with Gasteiger partial charge in [0.1, 0.15) is 5.75 Å². The van der Waals surface area contributed by atoms with Gasteiger partial charge in [-0.1, -0.05) is 0 Å². The summed E-state index contributed by atoms with van der Waals surface area (Å²) in [6.07, 6.45) is 4.98. The summed E-state index contributed by atoms with van der Waals surface area (Å²) in [5.41, 5.74) is -0.105. The van der Waals surface area contributed by atoms with E-state index in [0.717, 1.165) is 30.2 Å². The van der Waals surface area contributed by atoms with Gasteiger partial charge >= 0.3 is 0 Å². The molecule has 0 radical (unpaired) electrons. The van der Waals surface area contributed by atoms with Crippen LogP contribution in [0.3, 0.4) is 0 Å². The highest BCUT2D eigenvalue weighted by molar-refractivity contribution is 9.10. The fourth-order valence-corrected chi connectivity index (χ4v) is 3.06. The molecule has 1 aromatic rings. The van der Waals surface area contributed by atoms with Crippen molar-refractivity contribution in [2.24, 2.45) is 12.9 Å². The van der Waals surface area contributed by atoms with Gasteiger partial charge in [-0.05, 0) is 41.6 Å². The minimum atomic E-state index is -0.117. The van der Waals surface area contributed by atoms with Crippen LogP contribution in [0.25, 0.3) is 0 Å². The summed E-state index contributed by atoms with van der Waals surface area (Å²) in [4.78, 5) is 22.9. The van der Waals surface area contributed by atoms with Crippen molar-refractivity contribution in [1.29, 1.82) is 0 Å². The van der Waals surface area contributed by atoms with E-state index in [2.05, 4.69) is 15.9 Å². The van der Waals surface area contributed by atoms with E-state index in [-0.39, 0.29) is 23.6 Å². The lowest BCUT2D eigenvalue weighted by Crippen LogP contribution is -2.47. The number of halogens is 1. The summed E-state index contributed by atoms with van der Waals surface area (Å²) in [7, 11) is 1.69. The zero-order chi connectivity index (χ0) is 15.6. The van der Waals surface area contributed by atoms with Crippen LogP contribution in [0.15, 0.2) is 21.5 Å². The molecule has 0 saturated heterocycles. The Morgan fingerprint density at radius 1 is 1.43 bits per heavy atom. The van der Waals surface area contributed by atoms with Crippen LogP contribution in [0.1, 0.15) is 32.6 Å². The molecule has 0 aromatic carbocycles. The van der Waals surface area contributed by atoms with Gasteiger partial charge in [-0.25, -0.2) is 5.84 Å². The first-order valence-corrected chi connectivity index (χ1v) is 7.75. The third-order valence-electron chi connectivity index (χ3n) is 3.84. The Kier molecular flexibility index (Phi) is 5.05. The standard InChI is InChI=1S/C14H20BrN3O3/c1-9(19)18(16)10-3-5-11(6-4-10)21-13-7-14(20)17(2)8-12(13)15/h7-8,10-11H,3-6,16H2,1-2H3. The molecule has 1 saturated carbocycles. The topological polar surface area (TPSA) is 77.6 Å². The smallest absolute Gasteiger partial charge is 0.254 e. The van der Waals surface area contributed by atoms with Crippen molar-refractivity contribution in [2.75, 3.05) is 0 Å². The van der Waals surface area contributed by atoms with E-state index in [1.165, 1.54) is 22.6 Å². The lowest BCUT2D eigenvalue weighted by Gasteiger charge is -2.33. The van der Waals surface area contributed by atoms with Crippen LogP contribution in [-0.2, 0) is 11.8 Å². The Labute approximate surface area is 132 Å². The molecule has 116 valence electrons. The fraction of sp³-hybridized carbons (Fsp3) is 0.571. The first-order valence-electron chi connectivity index (χ1n) is 6.96. The largest absolute Gasteiger partial charge is 0.489 e. The summed E-state index contributed by atoms with van der Waals surface area (Å²) in [5.74, 6) is 6.19. The third-order valence-corrected chi connectivity index (χ3v) is 4.43. The van der Waals surface area contributed by atoms with Gasteiger partial charge in [-0.15, -0.1) is 0 Å². The zero-order valence-corrected chi connectivity index (χ0v) is 13.8. The minimum absolute atomic E-state index is 0.0463. The SMILES string of the molecule is CC(=O)N(N)C1CCC(Oc2cc(=O)n(C)cc2Br)CC1. The monoisotopic (exact) mass is 357 g/mol. The maximum absolute atomic E-state index is 11.7. The Balaban J connectivity index is 1.96. The molecule has 0 spiro atoms. The molecule has 0 unspecified atom stereocenters. The number of pyridine rings is 1. The summed E-state index contributed by atoms with van der Waals surface area (Å²) < 4.78 is 8.16. The third kappa shape index (κ3) is 3.85. The number of rotatable bonds is 3. The van der Waals surface area contributed by atoms with Crippen molar-refractivity contribution in [3.05, 3.63) is 27.1 Å². The van der Waals surface area contributed by atoms with E-state index in [0.29, 0.717) is 5.75 Å². The lowest BCUT2D eigenvalue weighted by atomic mass is 9.92. The molecule has 2 rings (SSSR count). The maximum Gasteiger partial charge on any atom is 0.254 e. The van der Waals surface area contributed by atoms with Crippen LogP contribution in [0, 0.1) is 0 Å². The van der Waals surface area contributed by atoms with Crippen LogP contribution in [-0.4, -0.2) is 27.6 Å². The molecule has 7 heteroatoms. The molecule has 0 bridgehead atoms. The molecule has 1 aliphatic rings. The average Bonchev–Trinajstić information content (AvgIpc) is 2.44. The van der Waals surface area contributed by atoms with Crippen LogP contribution >= 0.6 is 15.9 Å². The highest BCUT2D eigenvalue weighted by atomic mass is 79.9. The highest BCUT2D eigenvalue weighted by Crippen LogP contribution is 2.29. The number of ether oxygens (including phenoxy) is 1. The van der Waals surface area contributed by atoms with E-state index >= 15 is 0 Å². The van der Waals surface area contributed by atoms with E-state index in [1.54, 1.807) is 13.2 Å². The zero-order valence-electron chi connectivity index (χ0n) is 12.2. The summed E-state index contributed by atoms with van der Waals surface area (Å²) >= 11 is 3.40. The minimum Gasteiger partial charge on any atom is -0.489 e. The summed E-state index contributed by atoms with van der Waals surface area (Å²) in [6.45, 7) is 1.47. The first-order chi connectivity index (χ1) is 9.88. The van der Waals surface area contributed by atoms with Crippen molar-refractivity contribution in [2.45, 2.75) is 44.8 Å². The van der Waals surface area contributed by atoms with Gasteiger partial charge in [-0.2, -0.15) is 0 Å². The molecule has 2 N–H and O–H groups in total. The predicted octanol–water partition coefficient (Wildman–Crippen LogP) is 1.56. The number of hydrogen-bond acceptors (Lipinski definition) is 4. The molecule has 1 fully saturated rings. The number of aryl methyl sites for hydroxylation is 1. The Bertz CT molecular complexity index is 579. The molecule has 1 amide bonds. The van der Waals surface area contributed by atoms with Gasteiger partial charge < -0.3 is 9.30 Å². The van der Waals surface area contributed by atoms with E-state index in [4.69, 9.17) is 10.6 Å². The summed E-state index contributed by atoms with van der Waals surface area (Å²) in [5, 5.41) is 1.31. The number of hydrazine groups is 1. The number of nitrogens with two attached hydrogens (primary N) is 1. The highest BCUT2D eigenvalue weighted by Gasteiger charge is 2.27. The summed E-state index contributed by atoms with van der Waals surface area (Å²) in [6, 6.07) is 1.57. The predicted molar refractivity (Wildman–Crippen MR) is 82.8 cm³/mol. The Morgan fingerprint density at radius 2 is 2.05 bits per heavy atom. The van der Waals surface area contributed by atoms with Gasteiger partial charge in [0.05, 0.1) is 10.6 Å². The van der Waals surface area contributed by atoms with Crippen LogP contribution < -0.4 is 16.1 Å². The second-order valence-corrected chi connectivity index (χ2v) is 6.26. The number of nitrogens with zero attached hydrogens (tertiary/aromatic N) is 2. The lowest BCUT2D eigenvalue weighted by molar-refractivity contribution is -0.132. The normalized spacial score (nSPS) is 21.9. The Hall–Kier alpha value is -1.34. The molecular weight excluding hydrogens is 338 g/mol. The number of hydrogen-bond donors (Lipinski definition) is 1. The molecule has 21 heavy (non-hydrogen) atoms. The van der Waals surface area contributed by atoms with E-state index in [9.17, 15) is 9.59 Å². The van der Waals surface area contributed by atoms with Crippen LogP contribution in [0.2, 0.25) is 0 Å². The van der Waals surface area contributed by atoms with Gasteiger partial charge in [0.25, 0.3) is 5.56 Å². The van der Waals surface area contributed by atoms with Crippen LogP contribution in [0.5, 0.6) is 5.75 Å². The first kappa shape index (κ1) is 16.0. The van der Waals surface area contributed by atoms with Gasteiger partial charge in [0.2, 0.25) is 5.91 Å². The van der Waals surface area contributed by atoms with Gasteiger partial charge in [0, 0.05) is 32.3 Å². The second-order valence-electron chi connectivity index (χ2n) is 5.41. The van der Waals surface area contributed by atoms with Crippen molar-refractivity contribution >= 4 is 21.8 Å². The van der Waals surface area contributed by atoms with E-state index in [1.807, 2.05) is 0 Å². The number of amides is 1. The maximum atomic E-state index is 11.7.